The van der Waals surface area contributed by atoms with Crippen molar-refractivity contribution in [1.82, 2.24) is 20.2 Å². The van der Waals surface area contributed by atoms with Gasteiger partial charge >= 0.3 is 6.61 Å². The first-order chi connectivity index (χ1) is 13.1. The van der Waals surface area contributed by atoms with E-state index in [2.05, 4.69) is 25.6 Å². The highest BCUT2D eigenvalue weighted by molar-refractivity contribution is 5.40. The van der Waals surface area contributed by atoms with Gasteiger partial charge in [0.05, 0.1) is 19.2 Å². The average molecular weight is 373 g/mol. The number of tetrazole rings is 1. The van der Waals surface area contributed by atoms with Crippen LogP contribution < -0.4 is 14.8 Å². The number of alkyl halides is 2. The minimum absolute atomic E-state index is 0.0272. The van der Waals surface area contributed by atoms with Crippen molar-refractivity contribution in [2.75, 3.05) is 12.4 Å². The van der Waals surface area contributed by atoms with E-state index in [4.69, 9.17) is 4.74 Å². The van der Waals surface area contributed by atoms with Crippen LogP contribution in [0, 0.1) is 0 Å². The number of nitrogens with zero attached hydrogens (tertiary/aromatic N) is 4. The summed E-state index contributed by atoms with van der Waals surface area (Å²) in [6.45, 7) is -2.85. The summed E-state index contributed by atoms with van der Waals surface area (Å²) in [4.78, 5) is 0. The molecular weight excluding hydrogens is 356 g/mol. The number of benzene rings is 2. The van der Waals surface area contributed by atoms with Gasteiger partial charge in [-0.2, -0.15) is 8.78 Å². The maximum Gasteiger partial charge on any atom is 0.387 e. The number of aromatic nitrogens is 4. The number of hydrogen-bond donors (Lipinski definition) is 1. The number of rotatable bonds is 5. The van der Waals surface area contributed by atoms with Crippen molar-refractivity contribution in [3.63, 3.8) is 0 Å². The standard InChI is InChI=1S/C18H17F2N5O2/c1-26-14-4-2-3-12(9-14)15-10-16(25-18(21-15)22-23-24-25)11-5-7-13(8-6-11)27-17(19)20/h2-9,15-17H,10H2,1H3,(H,21,22,24). The Morgan fingerprint density at radius 1 is 1.11 bits per heavy atom. The van der Waals surface area contributed by atoms with E-state index in [-0.39, 0.29) is 17.8 Å². The highest BCUT2D eigenvalue weighted by Crippen LogP contribution is 2.38. The SMILES string of the molecule is COc1cccc(C2CC(c3ccc(OC(F)F)cc3)n3nnnc3N2)c1. The Bertz CT molecular complexity index is 916. The molecule has 1 aromatic heterocycles. The summed E-state index contributed by atoms with van der Waals surface area (Å²) in [6.07, 6.45) is 0.681. The van der Waals surface area contributed by atoms with E-state index < -0.39 is 6.61 Å². The second kappa shape index (κ2) is 7.18. The lowest BCUT2D eigenvalue weighted by Crippen LogP contribution is -2.28. The molecule has 0 amide bonds. The van der Waals surface area contributed by atoms with Crippen LogP contribution in [-0.4, -0.2) is 33.9 Å². The Kier molecular flexibility index (Phi) is 4.57. The molecule has 1 aliphatic rings. The van der Waals surface area contributed by atoms with E-state index >= 15 is 0 Å². The summed E-state index contributed by atoms with van der Waals surface area (Å²) in [6, 6.07) is 14.2. The largest absolute Gasteiger partial charge is 0.497 e. The minimum Gasteiger partial charge on any atom is -0.497 e. The van der Waals surface area contributed by atoms with Crippen molar-refractivity contribution in [1.29, 1.82) is 0 Å². The molecule has 4 rings (SSSR count). The quantitative estimate of drug-likeness (QED) is 0.739. The molecule has 2 heterocycles. The van der Waals surface area contributed by atoms with Gasteiger partial charge in [-0.05, 0) is 52.2 Å². The number of anilines is 1. The maximum absolute atomic E-state index is 12.4. The molecule has 0 radical (unpaired) electrons. The lowest BCUT2D eigenvalue weighted by molar-refractivity contribution is -0.0498. The second-order valence-corrected chi connectivity index (χ2v) is 6.12. The number of nitrogens with one attached hydrogen (secondary N) is 1. The van der Waals surface area contributed by atoms with Crippen LogP contribution in [0.3, 0.4) is 0 Å². The molecule has 1 N–H and O–H groups in total. The Morgan fingerprint density at radius 2 is 1.93 bits per heavy atom. The van der Waals surface area contributed by atoms with Crippen molar-refractivity contribution in [2.24, 2.45) is 0 Å². The molecule has 0 saturated heterocycles. The zero-order valence-electron chi connectivity index (χ0n) is 14.4. The van der Waals surface area contributed by atoms with E-state index in [9.17, 15) is 8.78 Å². The normalized spacial score (nSPS) is 18.7. The zero-order chi connectivity index (χ0) is 18.8. The van der Waals surface area contributed by atoms with Gasteiger partial charge in [0.1, 0.15) is 11.5 Å². The summed E-state index contributed by atoms with van der Waals surface area (Å²) in [5.41, 5.74) is 1.95. The molecule has 1 aliphatic heterocycles. The van der Waals surface area contributed by atoms with Crippen molar-refractivity contribution in [2.45, 2.75) is 25.1 Å². The van der Waals surface area contributed by atoms with Crippen molar-refractivity contribution in [3.05, 3.63) is 59.7 Å². The lowest BCUT2D eigenvalue weighted by atomic mass is 9.93. The van der Waals surface area contributed by atoms with Crippen molar-refractivity contribution in [3.8, 4) is 11.5 Å². The third-order valence-electron chi connectivity index (χ3n) is 4.54. The highest BCUT2D eigenvalue weighted by Gasteiger charge is 2.30. The highest BCUT2D eigenvalue weighted by atomic mass is 19.3. The topological polar surface area (TPSA) is 74.1 Å². The molecular formula is C18H17F2N5O2. The Labute approximate surface area is 153 Å². The molecule has 140 valence electrons. The van der Waals surface area contributed by atoms with Crippen LogP contribution in [-0.2, 0) is 0 Å². The number of ether oxygens (including phenoxy) is 2. The number of methoxy groups -OCH3 is 1. The number of halogens is 2. The summed E-state index contributed by atoms with van der Waals surface area (Å²) < 4.78 is 36.1. The van der Waals surface area contributed by atoms with Gasteiger partial charge in [-0.3, -0.25) is 0 Å². The van der Waals surface area contributed by atoms with Crippen molar-refractivity contribution < 1.29 is 18.3 Å². The third kappa shape index (κ3) is 3.53. The van der Waals surface area contributed by atoms with Crippen LogP contribution in [0.5, 0.6) is 11.5 Å². The van der Waals surface area contributed by atoms with Gasteiger partial charge in [0.15, 0.2) is 0 Å². The fraction of sp³-hybridized carbons (Fsp3) is 0.278. The van der Waals surface area contributed by atoms with E-state index in [1.807, 2.05) is 24.3 Å². The molecule has 9 heteroatoms. The average Bonchev–Trinajstić information content (AvgIpc) is 3.16. The molecule has 7 nitrogen and oxygen atoms in total. The van der Waals surface area contributed by atoms with Gasteiger partial charge in [0, 0.05) is 0 Å². The maximum atomic E-state index is 12.4. The molecule has 3 aromatic rings. The van der Waals surface area contributed by atoms with Crippen LogP contribution in [0.15, 0.2) is 48.5 Å². The minimum atomic E-state index is -2.85. The van der Waals surface area contributed by atoms with Gasteiger partial charge in [-0.25, -0.2) is 4.68 Å². The fourth-order valence-corrected chi connectivity index (χ4v) is 3.26. The molecule has 0 aliphatic carbocycles. The first kappa shape index (κ1) is 17.2. The van der Waals surface area contributed by atoms with Crippen molar-refractivity contribution >= 4 is 5.95 Å². The van der Waals surface area contributed by atoms with Crippen LogP contribution in [0.4, 0.5) is 14.7 Å². The monoisotopic (exact) mass is 373 g/mol. The Balaban J connectivity index is 1.64. The summed E-state index contributed by atoms with van der Waals surface area (Å²) >= 11 is 0. The van der Waals surface area contributed by atoms with Crippen LogP contribution in [0.25, 0.3) is 0 Å². The van der Waals surface area contributed by atoms with Crippen LogP contribution in [0.2, 0.25) is 0 Å². The predicted octanol–water partition coefficient (Wildman–Crippen LogP) is 3.43. The summed E-state index contributed by atoms with van der Waals surface area (Å²) in [5.74, 6) is 1.43. The van der Waals surface area contributed by atoms with Gasteiger partial charge in [-0.15, -0.1) is 0 Å². The van der Waals surface area contributed by atoms with Gasteiger partial charge < -0.3 is 14.8 Å². The van der Waals surface area contributed by atoms with Gasteiger partial charge in [0.25, 0.3) is 0 Å². The van der Waals surface area contributed by atoms with E-state index in [0.29, 0.717) is 12.4 Å². The zero-order valence-corrected chi connectivity index (χ0v) is 14.4. The van der Waals surface area contributed by atoms with E-state index in [0.717, 1.165) is 16.9 Å². The third-order valence-corrected chi connectivity index (χ3v) is 4.54. The van der Waals surface area contributed by atoms with Gasteiger partial charge in [0.2, 0.25) is 5.95 Å². The van der Waals surface area contributed by atoms with Crippen LogP contribution in [0.1, 0.15) is 29.6 Å². The molecule has 2 aromatic carbocycles. The van der Waals surface area contributed by atoms with Crippen LogP contribution >= 0.6 is 0 Å². The second-order valence-electron chi connectivity index (χ2n) is 6.12. The first-order valence-corrected chi connectivity index (χ1v) is 8.37. The molecule has 27 heavy (non-hydrogen) atoms. The molecule has 0 bridgehead atoms. The lowest BCUT2D eigenvalue weighted by Gasteiger charge is -2.31. The predicted molar refractivity (Wildman–Crippen MR) is 93.0 cm³/mol. The Hall–Kier alpha value is -3.23. The summed E-state index contributed by atoms with van der Waals surface area (Å²) in [5, 5.41) is 15.2. The van der Waals surface area contributed by atoms with Gasteiger partial charge in [-0.1, -0.05) is 29.4 Å². The molecule has 0 fully saturated rings. The van der Waals surface area contributed by atoms with E-state index in [1.165, 1.54) is 12.1 Å². The molecule has 2 atom stereocenters. The first-order valence-electron chi connectivity index (χ1n) is 8.37. The number of fused-ring (bicyclic) bond motifs is 1. The molecule has 0 spiro atoms. The van der Waals surface area contributed by atoms with E-state index in [1.54, 1.807) is 23.9 Å². The number of hydrogen-bond acceptors (Lipinski definition) is 6. The fourth-order valence-electron chi connectivity index (χ4n) is 3.26. The Morgan fingerprint density at radius 3 is 2.67 bits per heavy atom. The smallest absolute Gasteiger partial charge is 0.387 e. The molecule has 0 saturated carbocycles. The summed E-state index contributed by atoms with van der Waals surface area (Å²) in [7, 11) is 1.62. The molecule has 2 unspecified atom stereocenters.